The van der Waals surface area contributed by atoms with Crippen LogP contribution in [-0.2, 0) is 6.42 Å². The van der Waals surface area contributed by atoms with Crippen LogP contribution in [0.2, 0.25) is 0 Å². The number of carbonyl (C=O) groups excluding carboxylic acids is 1. The Morgan fingerprint density at radius 1 is 1.25 bits per heavy atom. The molecule has 0 spiro atoms. The molecule has 1 N–H and O–H groups in total. The Balaban J connectivity index is 1.75. The van der Waals surface area contributed by atoms with Crippen molar-refractivity contribution >= 4 is 22.9 Å². The minimum Gasteiger partial charge on any atom is -0.486 e. The fourth-order valence-corrected chi connectivity index (χ4v) is 2.82. The van der Waals surface area contributed by atoms with Gasteiger partial charge in [0.1, 0.15) is 13.2 Å². The first-order valence-corrected chi connectivity index (χ1v) is 7.42. The summed E-state index contributed by atoms with van der Waals surface area (Å²) in [5.74, 6) is 1.30. The number of anilines is 1. The molecule has 1 aromatic heterocycles. The summed E-state index contributed by atoms with van der Waals surface area (Å²) in [5.41, 5.74) is 1.41. The molecule has 0 radical (unpaired) electrons. The summed E-state index contributed by atoms with van der Waals surface area (Å²) in [7, 11) is 0. The molecule has 0 atom stereocenters. The van der Waals surface area contributed by atoms with Gasteiger partial charge in [0.2, 0.25) is 0 Å². The largest absolute Gasteiger partial charge is 0.486 e. The van der Waals surface area contributed by atoms with Crippen molar-refractivity contribution in [3.63, 3.8) is 0 Å². The fraction of sp³-hybridized carbons (Fsp3) is 0.267. The minimum atomic E-state index is -0.0994. The van der Waals surface area contributed by atoms with Crippen LogP contribution in [-0.4, -0.2) is 19.1 Å². The second-order valence-electron chi connectivity index (χ2n) is 4.47. The number of nitrogens with one attached hydrogen (secondary N) is 1. The summed E-state index contributed by atoms with van der Waals surface area (Å²) < 4.78 is 10.9. The molecule has 4 nitrogen and oxygen atoms in total. The quantitative estimate of drug-likeness (QED) is 0.942. The van der Waals surface area contributed by atoms with Crippen LogP contribution in [0, 0.1) is 0 Å². The van der Waals surface area contributed by atoms with Crippen molar-refractivity contribution < 1.29 is 14.3 Å². The molecule has 3 rings (SSSR count). The molecule has 5 heteroatoms. The topological polar surface area (TPSA) is 47.6 Å². The molecular formula is C15H15NO3S. The lowest BCUT2D eigenvalue weighted by molar-refractivity contribution is 0.102. The number of ether oxygens (including phenoxy) is 2. The highest BCUT2D eigenvalue weighted by atomic mass is 32.1. The number of amides is 1. The number of thiophene rings is 1. The Morgan fingerprint density at radius 3 is 2.80 bits per heavy atom. The van der Waals surface area contributed by atoms with E-state index in [0.29, 0.717) is 30.2 Å². The SMILES string of the molecule is CCc1cc(C(=O)Nc2ccc3c(c2)OCCO3)cs1. The Morgan fingerprint density at radius 2 is 2.05 bits per heavy atom. The van der Waals surface area contributed by atoms with Crippen molar-refractivity contribution in [3.05, 3.63) is 40.1 Å². The van der Waals surface area contributed by atoms with E-state index in [9.17, 15) is 4.79 Å². The average Bonchev–Trinajstić information content (AvgIpc) is 2.96. The molecule has 2 aromatic rings. The lowest BCUT2D eigenvalue weighted by atomic mass is 10.2. The third kappa shape index (κ3) is 2.63. The molecule has 2 heterocycles. The van der Waals surface area contributed by atoms with E-state index in [0.717, 1.165) is 12.2 Å². The first-order chi connectivity index (χ1) is 9.76. The zero-order valence-corrected chi connectivity index (χ0v) is 12.0. The average molecular weight is 289 g/mol. The van der Waals surface area contributed by atoms with Gasteiger partial charge in [-0.05, 0) is 24.6 Å². The van der Waals surface area contributed by atoms with Crippen LogP contribution in [0.4, 0.5) is 5.69 Å². The van der Waals surface area contributed by atoms with Gasteiger partial charge in [0.15, 0.2) is 11.5 Å². The van der Waals surface area contributed by atoms with Crippen LogP contribution in [0.5, 0.6) is 11.5 Å². The van der Waals surface area contributed by atoms with Gasteiger partial charge in [0.25, 0.3) is 5.91 Å². The smallest absolute Gasteiger partial charge is 0.256 e. The molecule has 0 aliphatic carbocycles. The molecule has 104 valence electrons. The number of carbonyl (C=O) groups is 1. The van der Waals surface area contributed by atoms with Crippen molar-refractivity contribution in [1.29, 1.82) is 0 Å². The summed E-state index contributed by atoms with van der Waals surface area (Å²) in [6.45, 7) is 3.18. The Kier molecular flexibility index (Phi) is 3.60. The van der Waals surface area contributed by atoms with E-state index in [-0.39, 0.29) is 5.91 Å². The molecule has 1 aliphatic rings. The molecular weight excluding hydrogens is 274 g/mol. The van der Waals surface area contributed by atoms with Gasteiger partial charge in [-0.15, -0.1) is 11.3 Å². The molecule has 0 saturated carbocycles. The number of hydrogen-bond acceptors (Lipinski definition) is 4. The van der Waals surface area contributed by atoms with Gasteiger partial charge >= 0.3 is 0 Å². The zero-order valence-electron chi connectivity index (χ0n) is 11.1. The van der Waals surface area contributed by atoms with Crippen LogP contribution in [0.15, 0.2) is 29.6 Å². The fourth-order valence-electron chi connectivity index (χ4n) is 2.01. The van der Waals surface area contributed by atoms with Gasteiger partial charge in [0, 0.05) is 22.0 Å². The maximum atomic E-state index is 12.1. The maximum absolute atomic E-state index is 12.1. The predicted octanol–water partition coefficient (Wildman–Crippen LogP) is 3.33. The third-order valence-corrected chi connectivity index (χ3v) is 4.15. The second-order valence-corrected chi connectivity index (χ2v) is 5.46. The molecule has 0 unspecified atom stereocenters. The van der Waals surface area contributed by atoms with E-state index in [1.54, 1.807) is 17.4 Å². The van der Waals surface area contributed by atoms with Crippen molar-refractivity contribution in [1.82, 2.24) is 0 Å². The third-order valence-electron chi connectivity index (χ3n) is 3.06. The lowest BCUT2D eigenvalue weighted by Crippen LogP contribution is -2.16. The number of rotatable bonds is 3. The Bertz CT molecular complexity index is 636. The van der Waals surface area contributed by atoms with Gasteiger partial charge in [0.05, 0.1) is 5.56 Å². The normalized spacial score (nSPS) is 13.1. The van der Waals surface area contributed by atoms with E-state index in [4.69, 9.17) is 9.47 Å². The van der Waals surface area contributed by atoms with E-state index >= 15 is 0 Å². The summed E-state index contributed by atoms with van der Waals surface area (Å²) >= 11 is 1.61. The summed E-state index contributed by atoms with van der Waals surface area (Å²) in [6, 6.07) is 7.35. The highest BCUT2D eigenvalue weighted by molar-refractivity contribution is 7.10. The van der Waals surface area contributed by atoms with Crippen molar-refractivity contribution in [3.8, 4) is 11.5 Å². The van der Waals surface area contributed by atoms with Crippen molar-refractivity contribution in [2.24, 2.45) is 0 Å². The zero-order chi connectivity index (χ0) is 13.9. The molecule has 0 saturated heterocycles. The highest BCUT2D eigenvalue weighted by Gasteiger charge is 2.14. The summed E-state index contributed by atoms with van der Waals surface area (Å²) in [5, 5.41) is 4.76. The molecule has 1 aliphatic heterocycles. The van der Waals surface area contributed by atoms with Gasteiger partial charge < -0.3 is 14.8 Å². The van der Waals surface area contributed by atoms with Gasteiger partial charge in [-0.25, -0.2) is 0 Å². The van der Waals surface area contributed by atoms with Gasteiger partial charge in [-0.1, -0.05) is 6.92 Å². The second kappa shape index (κ2) is 5.54. The first kappa shape index (κ1) is 13.0. The minimum absolute atomic E-state index is 0.0994. The van der Waals surface area contributed by atoms with E-state index in [1.807, 2.05) is 23.6 Å². The molecule has 1 amide bonds. The monoisotopic (exact) mass is 289 g/mol. The van der Waals surface area contributed by atoms with Crippen LogP contribution in [0.1, 0.15) is 22.2 Å². The summed E-state index contributed by atoms with van der Waals surface area (Å²) in [6.07, 6.45) is 0.946. The van der Waals surface area contributed by atoms with E-state index < -0.39 is 0 Å². The molecule has 20 heavy (non-hydrogen) atoms. The van der Waals surface area contributed by atoms with Crippen LogP contribution in [0.3, 0.4) is 0 Å². The van der Waals surface area contributed by atoms with Gasteiger partial charge in [-0.3, -0.25) is 4.79 Å². The van der Waals surface area contributed by atoms with Crippen LogP contribution >= 0.6 is 11.3 Å². The first-order valence-electron chi connectivity index (χ1n) is 6.54. The van der Waals surface area contributed by atoms with Crippen molar-refractivity contribution in [2.75, 3.05) is 18.5 Å². The number of benzene rings is 1. The number of aryl methyl sites for hydroxylation is 1. The van der Waals surface area contributed by atoms with Crippen LogP contribution in [0.25, 0.3) is 0 Å². The lowest BCUT2D eigenvalue weighted by Gasteiger charge is -2.18. The molecule has 0 bridgehead atoms. The van der Waals surface area contributed by atoms with Crippen molar-refractivity contribution in [2.45, 2.75) is 13.3 Å². The summed E-state index contributed by atoms with van der Waals surface area (Å²) in [4.78, 5) is 13.3. The van der Waals surface area contributed by atoms with Crippen LogP contribution < -0.4 is 14.8 Å². The van der Waals surface area contributed by atoms with E-state index in [2.05, 4.69) is 12.2 Å². The van der Waals surface area contributed by atoms with Gasteiger partial charge in [-0.2, -0.15) is 0 Å². The Labute approximate surface area is 121 Å². The number of fused-ring (bicyclic) bond motifs is 1. The maximum Gasteiger partial charge on any atom is 0.256 e. The highest BCUT2D eigenvalue weighted by Crippen LogP contribution is 2.32. The standard InChI is InChI=1S/C15H15NO3S/c1-2-12-7-10(9-20-12)15(17)16-11-3-4-13-14(8-11)19-6-5-18-13/h3-4,7-9H,2,5-6H2,1H3,(H,16,17). The number of hydrogen-bond donors (Lipinski definition) is 1. The molecule has 0 fully saturated rings. The van der Waals surface area contributed by atoms with E-state index in [1.165, 1.54) is 4.88 Å². The predicted molar refractivity (Wildman–Crippen MR) is 79.1 cm³/mol. The molecule has 1 aromatic carbocycles. The Hall–Kier alpha value is -2.01.